The van der Waals surface area contributed by atoms with Crippen LogP contribution in [0.15, 0.2) is 53.0 Å². The summed E-state index contributed by atoms with van der Waals surface area (Å²) in [5.74, 6) is 0.407. The molecule has 1 atom stereocenters. The number of amides is 1. The van der Waals surface area contributed by atoms with Crippen molar-refractivity contribution < 1.29 is 4.79 Å². The van der Waals surface area contributed by atoms with Gasteiger partial charge in [-0.2, -0.15) is 0 Å². The highest BCUT2D eigenvalue weighted by Gasteiger charge is 2.33. The molecular weight excluding hydrogens is 350 g/mol. The van der Waals surface area contributed by atoms with Crippen molar-refractivity contribution in [3.63, 3.8) is 0 Å². The fourth-order valence-corrected chi connectivity index (χ4v) is 3.02. The molecule has 4 heteroatoms. The summed E-state index contributed by atoms with van der Waals surface area (Å²) >= 11 is 9.51. The number of nitrogens with one attached hydrogen (secondary N) is 1. The molecule has 108 valence electrons. The zero-order chi connectivity index (χ0) is 14.8. The quantitative estimate of drug-likeness (QED) is 0.814. The number of rotatable bonds is 4. The highest BCUT2D eigenvalue weighted by molar-refractivity contribution is 9.10. The van der Waals surface area contributed by atoms with Crippen LogP contribution in [0.4, 0.5) is 0 Å². The minimum Gasteiger partial charge on any atom is -0.345 e. The van der Waals surface area contributed by atoms with Gasteiger partial charge in [0.25, 0.3) is 5.91 Å². The topological polar surface area (TPSA) is 29.1 Å². The molecule has 0 spiro atoms. The third-order valence-electron chi connectivity index (χ3n) is 3.71. The summed E-state index contributed by atoms with van der Waals surface area (Å²) in [7, 11) is 0. The SMILES string of the molecule is O=C(N[C@@H](c1ccccc1)C1CC1)c1cc(Br)ccc1Cl. The van der Waals surface area contributed by atoms with Gasteiger partial charge in [0, 0.05) is 4.47 Å². The van der Waals surface area contributed by atoms with Gasteiger partial charge in [0.15, 0.2) is 0 Å². The molecule has 1 N–H and O–H groups in total. The van der Waals surface area contributed by atoms with E-state index in [4.69, 9.17) is 11.6 Å². The van der Waals surface area contributed by atoms with Crippen molar-refractivity contribution in [1.29, 1.82) is 0 Å². The number of halogens is 2. The number of benzene rings is 2. The van der Waals surface area contributed by atoms with Crippen LogP contribution in [0.25, 0.3) is 0 Å². The minimum absolute atomic E-state index is 0.0637. The lowest BCUT2D eigenvalue weighted by atomic mass is 10.0. The Morgan fingerprint density at radius 2 is 1.90 bits per heavy atom. The summed E-state index contributed by atoms with van der Waals surface area (Å²) in [6.45, 7) is 0. The molecule has 1 aliphatic rings. The molecule has 2 aromatic rings. The van der Waals surface area contributed by atoms with E-state index >= 15 is 0 Å². The normalized spacial score (nSPS) is 15.5. The summed E-state index contributed by atoms with van der Waals surface area (Å²) in [5.41, 5.74) is 1.66. The van der Waals surface area contributed by atoms with Crippen molar-refractivity contribution in [3.05, 3.63) is 69.2 Å². The van der Waals surface area contributed by atoms with Crippen molar-refractivity contribution in [2.75, 3.05) is 0 Å². The van der Waals surface area contributed by atoms with Crippen LogP contribution >= 0.6 is 27.5 Å². The first-order valence-electron chi connectivity index (χ1n) is 6.96. The molecule has 0 unspecified atom stereocenters. The zero-order valence-corrected chi connectivity index (χ0v) is 13.7. The van der Waals surface area contributed by atoms with E-state index in [0.717, 1.165) is 22.9 Å². The molecule has 21 heavy (non-hydrogen) atoms. The molecular formula is C17H15BrClNO. The zero-order valence-electron chi connectivity index (χ0n) is 11.4. The number of carbonyl (C=O) groups excluding carboxylic acids is 1. The Kier molecular flexibility index (Phi) is 4.32. The van der Waals surface area contributed by atoms with Crippen LogP contribution in [-0.2, 0) is 0 Å². The van der Waals surface area contributed by atoms with Gasteiger partial charge < -0.3 is 5.32 Å². The maximum atomic E-state index is 12.5. The van der Waals surface area contributed by atoms with Gasteiger partial charge in [-0.1, -0.05) is 57.9 Å². The lowest BCUT2D eigenvalue weighted by Crippen LogP contribution is -2.30. The third kappa shape index (κ3) is 3.47. The molecule has 0 heterocycles. The van der Waals surface area contributed by atoms with E-state index in [1.165, 1.54) is 0 Å². The number of hydrogen-bond acceptors (Lipinski definition) is 1. The van der Waals surface area contributed by atoms with Gasteiger partial charge in [0.1, 0.15) is 0 Å². The van der Waals surface area contributed by atoms with Gasteiger partial charge in [-0.05, 0) is 42.5 Å². The fraction of sp³-hybridized carbons (Fsp3) is 0.235. The molecule has 1 amide bonds. The molecule has 1 aliphatic carbocycles. The first-order chi connectivity index (χ1) is 10.1. The van der Waals surface area contributed by atoms with Gasteiger partial charge in [0.2, 0.25) is 0 Å². The Balaban J connectivity index is 1.83. The van der Waals surface area contributed by atoms with Gasteiger partial charge >= 0.3 is 0 Å². The van der Waals surface area contributed by atoms with Crippen molar-refractivity contribution in [2.24, 2.45) is 5.92 Å². The van der Waals surface area contributed by atoms with E-state index in [1.54, 1.807) is 12.1 Å². The van der Waals surface area contributed by atoms with E-state index in [9.17, 15) is 4.79 Å². The molecule has 0 aliphatic heterocycles. The average Bonchev–Trinajstić information content (AvgIpc) is 3.32. The van der Waals surface area contributed by atoms with E-state index in [2.05, 4.69) is 33.4 Å². The van der Waals surface area contributed by atoms with Gasteiger partial charge in [0.05, 0.1) is 16.6 Å². The first kappa shape index (κ1) is 14.6. The van der Waals surface area contributed by atoms with Crippen LogP contribution in [-0.4, -0.2) is 5.91 Å². The molecule has 0 saturated heterocycles. The third-order valence-corrected chi connectivity index (χ3v) is 4.53. The standard InChI is InChI=1S/C17H15BrClNO/c18-13-8-9-15(19)14(10-13)17(21)20-16(12-6-7-12)11-4-2-1-3-5-11/h1-5,8-10,12,16H,6-7H2,(H,20,21)/t16-/m0/s1. The Hall–Kier alpha value is -1.32. The second-order valence-corrected chi connectivity index (χ2v) is 6.65. The molecule has 3 rings (SSSR count). The molecule has 0 aromatic heterocycles. The van der Waals surface area contributed by atoms with E-state index in [-0.39, 0.29) is 11.9 Å². The molecule has 1 saturated carbocycles. The number of carbonyl (C=O) groups is 1. The van der Waals surface area contributed by atoms with E-state index < -0.39 is 0 Å². The largest absolute Gasteiger partial charge is 0.345 e. The predicted octanol–water partition coefficient (Wildman–Crippen LogP) is 4.98. The summed E-state index contributed by atoms with van der Waals surface area (Å²) < 4.78 is 0.847. The Morgan fingerprint density at radius 3 is 2.57 bits per heavy atom. The maximum Gasteiger partial charge on any atom is 0.253 e. The van der Waals surface area contributed by atoms with Crippen LogP contribution < -0.4 is 5.32 Å². The molecule has 2 nitrogen and oxygen atoms in total. The Bertz CT molecular complexity index is 655. The van der Waals surface area contributed by atoms with Gasteiger partial charge in [-0.25, -0.2) is 0 Å². The second-order valence-electron chi connectivity index (χ2n) is 5.32. The van der Waals surface area contributed by atoms with Crippen LogP contribution in [0.1, 0.15) is 34.8 Å². The van der Waals surface area contributed by atoms with Crippen LogP contribution in [0.3, 0.4) is 0 Å². The van der Waals surface area contributed by atoms with Crippen LogP contribution in [0.5, 0.6) is 0 Å². The van der Waals surface area contributed by atoms with Crippen molar-refractivity contribution in [1.82, 2.24) is 5.32 Å². The number of hydrogen-bond donors (Lipinski definition) is 1. The monoisotopic (exact) mass is 363 g/mol. The highest BCUT2D eigenvalue weighted by Crippen LogP contribution is 2.41. The predicted molar refractivity (Wildman–Crippen MR) is 88.5 cm³/mol. The van der Waals surface area contributed by atoms with E-state index in [1.807, 2.05) is 24.3 Å². The molecule has 1 fully saturated rings. The minimum atomic E-state index is -0.123. The molecule has 0 bridgehead atoms. The smallest absolute Gasteiger partial charge is 0.253 e. The summed E-state index contributed by atoms with van der Waals surface area (Å²) in [6, 6.07) is 15.5. The Morgan fingerprint density at radius 1 is 1.19 bits per heavy atom. The fourth-order valence-electron chi connectivity index (χ4n) is 2.45. The van der Waals surface area contributed by atoms with Crippen molar-refractivity contribution in [3.8, 4) is 0 Å². The molecule has 0 radical (unpaired) electrons. The Labute approximate surface area is 137 Å². The highest BCUT2D eigenvalue weighted by atomic mass is 79.9. The van der Waals surface area contributed by atoms with Crippen molar-refractivity contribution in [2.45, 2.75) is 18.9 Å². The lowest BCUT2D eigenvalue weighted by Gasteiger charge is -2.19. The average molecular weight is 365 g/mol. The van der Waals surface area contributed by atoms with Crippen molar-refractivity contribution >= 4 is 33.4 Å². The van der Waals surface area contributed by atoms with Crippen LogP contribution in [0.2, 0.25) is 5.02 Å². The summed E-state index contributed by atoms with van der Waals surface area (Å²) in [5, 5.41) is 3.61. The lowest BCUT2D eigenvalue weighted by molar-refractivity contribution is 0.0932. The maximum absolute atomic E-state index is 12.5. The summed E-state index contributed by atoms with van der Waals surface area (Å²) in [4.78, 5) is 12.5. The molecule has 2 aromatic carbocycles. The summed E-state index contributed by atoms with van der Waals surface area (Å²) in [6.07, 6.45) is 2.32. The van der Waals surface area contributed by atoms with E-state index in [0.29, 0.717) is 16.5 Å². The first-order valence-corrected chi connectivity index (χ1v) is 8.13. The second kappa shape index (κ2) is 6.20. The van der Waals surface area contributed by atoms with Crippen LogP contribution in [0, 0.1) is 5.92 Å². The van der Waals surface area contributed by atoms with Gasteiger partial charge in [-0.3, -0.25) is 4.79 Å². The van der Waals surface area contributed by atoms with Gasteiger partial charge in [-0.15, -0.1) is 0 Å².